The summed E-state index contributed by atoms with van der Waals surface area (Å²) >= 11 is 0. The van der Waals surface area contributed by atoms with Crippen LogP contribution in [-0.2, 0) is 4.79 Å². The molecule has 0 fully saturated rings. The zero-order valence-electron chi connectivity index (χ0n) is 17.0. The second-order valence-electron chi connectivity index (χ2n) is 6.48. The van der Waals surface area contributed by atoms with Crippen LogP contribution in [0.15, 0.2) is 41.5 Å². The van der Waals surface area contributed by atoms with Crippen molar-refractivity contribution in [2.45, 2.75) is 6.92 Å². The molecule has 1 aliphatic rings. The number of hydrazone groups is 1. The van der Waals surface area contributed by atoms with Crippen LogP contribution in [0.4, 0.5) is 0 Å². The van der Waals surface area contributed by atoms with E-state index in [0.717, 1.165) is 0 Å². The van der Waals surface area contributed by atoms with Crippen LogP contribution in [0.3, 0.4) is 0 Å². The molecule has 2 aromatic carbocycles. The average molecular weight is 413 g/mol. The molecule has 3 rings (SSSR count). The summed E-state index contributed by atoms with van der Waals surface area (Å²) in [6.07, 6.45) is 1.49. The number of fused-ring (bicyclic) bond motifs is 1. The lowest BCUT2D eigenvalue weighted by atomic mass is 10.2. The third kappa shape index (κ3) is 5.19. The lowest BCUT2D eigenvalue weighted by Crippen LogP contribution is -2.27. The highest BCUT2D eigenvalue weighted by molar-refractivity contribution is 5.95. The topological polar surface area (TPSA) is 98.7 Å². The monoisotopic (exact) mass is 413 g/mol. The molecule has 158 valence electrons. The van der Waals surface area contributed by atoms with Gasteiger partial charge in [-0.25, -0.2) is 5.43 Å². The average Bonchev–Trinajstić information content (AvgIpc) is 3.20. The van der Waals surface area contributed by atoms with Crippen molar-refractivity contribution in [1.29, 1.82) is 0 Å². The molecule has 0 spiro atoms. The Labute approximate surface area is 174 Å². The Morgan fingerprint density at radius 1 is 1.10 bits per heavy atom. The van der Waals surface area contributed by atoms with Crippen molar-refractivity contribution in [1.82, 2.24) is 10.3 Å². The van der Waals surface area contributed by atoms with Crippen molar-refractivity contribution in [3.05, 3.63) is 47.5 Å². The Morgan fingerprint density at radius 3 is 2.67 bits per heavy atom. The molecule has 9 heteroatoms. The normalized spacial score (nSPS) is 12.0. The second-order valence-corrected chi connectivity index (χ2v) is 6.48. The zero-order valence-corrected chi connectivity index (χ0v) is 17.0. The van der Waals surface area contributed by atoms with Crippen molar-refractivity contribution in [2.24, 2.45) is 5.10 Å². The fraction of sp³-hybridized carbons (Fsp3) is 0.286. The Balaban J connectivity index is 1.63. The summed E-state index contributed by atoms with van der Waals surface area (Å²) in [5.74, 6) is 1.53. The molecule has 9 nitrogen and oxygen atoms in total. The molecular weight excluding hydrogens is 390 g/mol. The number of ether oxygens (including phenoxy) is 4. The molecule has 0 aliphatic carbocycles. The van der Waals surface area contributed by atoms with Gasteiger partial charge in [0.05, 0.1) is 12.8 Å². The first kappa shape index (κ1) is 21.0. The molecule has 30 heavy (non-hydrogen) atoms. The molecule has 0 unspecified atom stereocenters. The quantitative estimate of drug-likeness (QED) is 0.525. The van der Waals surface area contributed by atoms with Crippen molar-refractivity contribution in [3.8, 4) is 23.0 Å². The highest BCUT2D eigenvalue weighted by atomic mass is 16.7. The van der Waals surface area contributed by atoms with E-state index in [2.05, 4.69) is 10.5 Å². The summed E-state index contributed by atoms with van der Waals surface area (Å²) in [6, 6.07) is 10.1. The van der Waals surface area contributed by atoms with Gasteiger partial charge in [-0.15, -0.1) is 0 Å². The first-order valence-electron chi connectivity index (χ1n) is 9.30. The number of carbonyl (C=O) groups is 2. The molecule has 2 aromatic rings. The molecule has 1 aliphatic heterocycles. The van der Waals surface area contributed by atoms with Crippen LogP contribution in [0.5, 0.6) is 23.0 Å². The second kappa shape index (κ2) is 9.64. The molecule has 1 N–H and O–H groups in total. The number of amides is 2. The van der Waals surface area contributed by atoms with E-state index in [0.29, 0.717) is 40.7 Å². The molecule has 0 aromatic heterocycles. The largest absolute Gasteiger partial charge is 0.490 e. The highest BCUT2D eigenvalue weighted by Gasteiger charge is 2.16. The van der Waals surface area contributed by atoms with Crippen molar-refractivity contribution in [2.75, 3.05) is 34.1 Å². The molecule has 0 saturated carbocycles. The van der Waals surface area contributed by atoms with Crippen LogP contribution in [0.25, 0.3) is 0 Å². The van der Waals surface area contributed by atoms with E-state index < -0.39 is 0 Å². The number of nitrogens with zero attached hydrogens (tertiary/aromatic N) is 2. The molecule has 0 radical (unpaired) electrons. The molecule has 2 amide bonds. The van der Waals surface area contributed by atoms with Gasteiger partial charge in [0, 0.05) is 19.7 Å². The Hall–Kier alpha value is -3.75. The smallest absolute Gasteiger partial charge is 0.271 e. The zero-order chi connectivity index (χ0) is 21.5. The van der Waals surface area contributed by atoms with E-state index in [4.69, 9.17) is 18.9 Å². The SMILES string of the molecule is CCOc1cc(/C=N\NC(=O)c2ccc3c(c2)OCO3)ccc1OCC(=O)N(C)C. The number of rotatable bonds is 8. The third-order valence-electron chi connectivity index (χ3n) is 4.13. The van der Waals surface area contributed by atoms with E-state index >= 15 is 0 Å². The van der Waals surface area contributed by atoms with Crippen LogP contribution >= 0.6 is 0 Å². The maximum Gasteiger partial charge on any atom is 0.271 e. The minimum absolute atomic E-state index is 0.0912. The summed E-state index contributed by atoms with van der Waals surface area (Å²) in [4.78, 5) is 25.4. The van der Waals surface area contributed by atoms with Gasteiger partial charge in [0.15, 0.2) is 29.6 Å². The summed E-state index contributed by atoms with van der Waals surface area (Å²) in [6.45, 7) is 2.33. The van der Waals surface area contributed by atoms with Gasteiger partial charge in [-0.1, -0.05) is 0 Å². The van der Waals surface area contributed by atoms with E-state index in [1.54, 1.807) is 50.5 Å². The minimum atomic E-state index is -0.378. The number of benzene rings is 2. The van der Waals surface area contributed by atoms with Crippen LogP contribution < -0.4 is 24.4 Å². The summed E-state index contributed by atoms with van der Waals surface area (Å²) < 4.78 is 21.6. The van der Waals surface area contributed by atoms with Gasteiger partial charge in [0.25, 0.3) is 11.8 Å². The van der Waals surface area contributed by atoms with Gasteiger partial charge < -0.3 is 23.8 Å². The van der Waals surface area contributed by atoms with Gasteiger partial charge in [-0.2, -0.15) is 5.10 Å². The lowest BCUT2D eigenvalue weighted by molar-refractivity contribution is -0.130. The van der Waals surface area contributed by atoms with Crippen LogP contribution in [-0.4, -0.2) is 57.0 Å². The van der Waals surface area contributed by atoms with Crippen molar-refractivity contribution in [3.63, 3.8) is 0 Å². The Kier molecular flexibility index (Phi) is 6.74. The van der Waals surface area contributed by atoms with E-state index in [1.807, 2.05) is 6.92 Å². The maximum atomic E-state index is 12.3. The van der Waals surface area contributed by atoms with E-state index in [1.165, 1.54) is 11.1 Å². The summed E-state index contributed by atoms with van der Waals surface area (Å²) in [5, 5.41) is 3.99. The van der Waals surface area contributed by atoms with Crippen LogP contribution in [0.2, 0.25) is 0 Å². The van der Waals surface area contributed by atoms with E-state index in [-0.39, 0.29) is 25.2 Å². The van der Waals surface area contributed by atoms with Gasteiger partial charge >= 0.3 is 0 Å². The first-order valence-corrected chi connectivity index (χ1v) is 9.30. The molecule has 0 bridgehead atoms. The van der Waals surface area contributed by atoms with E-state index in [9.17, 15) is 9.59 Å². The Morgan fingerprint density at radius 2 is 1.90 bits per heavy atom. The molecule has 0 atom stereocenters. The standard InChI is InChI=1S/C21H23N3O6/c1-4-27-18-9-14(5-7-16(18)28-12-20(25)24(2)3)11-22-23-21(26)15-6-8-17-19(10-15)30-13-29-17/h5-11H,4,12-13H2,1-3H3,(H,23,26)/b22-11-. The number of carbonyl (C=O) groups excluding carboxylic acids is 2. The number of likely N-dealkylation sites (N-methyl/N-ethyl adjacent to an activating group) is 1. The lowest BCUT2D eigenvalue weighted by Gasteiger charge is -2.14. The summed E-state index contributed by atoms with van der Waals surface area (Å²) in [5.41, 5.74) is 3.56. The first-order chi connectivity index (χ1) is 14.5. The maximum absolute atomic E-state index is 12.3. The molecular formula is C21H23N3O6. The molecule has 1 heterocycles. The van der Waals surface area contributed by atoms with Crippen LogP contribution in [0.1, 0.15) is 22.8 Å². The number of hydrogen-bond acceptors (Lipinski definition) is 7. The summed E-state index contributed by atoms with van der Waals surface area (Å²) in [7, 11) is 3.32. The number of hydrogen-bond donors (Lipinski definition) is 1. The van der Waals surface area contributed by atoms with Crippen molar-refractivity contribution < 1.29 is 28.5 Å². The highest BCUT2D eigenvalue weighted by Crippen LogP contribution is 2.32. The number of nitrogens with one attached hydrogen (secondary N) is 1. The Bertz CT molecular complexity index is 958. The predicted octanol–water partition coefficient (Wildman–Crippen LogP) is 2.04. The minimum Gasteiger partial charge on any atom is -0.490 e. The van der Waals surface area contributed by atoms with Gasteiger partial charge in [-0.05, 0) is 48.9 Å². The predicted molar refractivity (Wildman–Crippen MR) is 109 cm³/mol. The fourth-order valence-corrected chi connectivity index (χ4v) is 2.53. The van der Waals surface area contributed by atoms with Crippen molar-refractivity contribution >= 4 is 18.0 Å². The van der Waals surface area contributed by atoms with Gasteiger partial charge in [0.2, 0.25) is 6.79 Å². The fourth-order valence-electron chi connectivity index (χ4n) is 2.53. The van der Waals surface area contributed by atoms with Gasteiger partial charge in [0.1, 0.15) is 0 Å². The van der Waals surface area contributed by atoms with Gasteiger partial charge in [-0.3, -0.25) is 9.59 Å². The van der Waals surface area contributed by atoms with Crippen LogP contribution in [0, 0.1) is 0 Å². The third-order valence-corrected chi connectivity index (χ3v) is 4.13. The molecule has 0 saturated heterocycles.